The van der Waals surface area contributed by atoms with Crippen LogP contribution in [0.15, 0.2) is 6.07 Å². The molecule has 0 bridgehead atoms. The van der Waals surface area contributed by atoms with E-state index in [2.05, 4.69) is 0 Å². The van der Waals surface area contributed by atoms with Crippen molar-refractivity contribution in [2.75, 3.05) is 0 Å². The molecule has 88 valence electrons. The molecule has 3 heteroatoms. The van der Waals surface area contributed by atoms with Crippen LogP contribution in [-0.2, 0) is 0 Å². The van der Waals surface area contributed by atoms with Gasteiger partial charge in [0.05, 0.1) is 5.56 Å². The van der Waals surface area contributed by atoms with Crippen LogP contribution in [0.1, 0.15) is 47.7 Å². The normalized spacial score (nSPS) is 10.4. The molecule has 0 aliphatic heterocycles. The van der Waals surface area contributed by atoms with Gasteiger partial charge in [0.2, 0.25) is 0 Å². The number of unbranched alkanes of at least 4 members (excludes halogenated alkanes) is 1. The SMILES string of the molecule is CCCCC(=O)c1cc(C)c(O)c(C)c1O. The molecule has 0 aliphatic rings. The van der Waals surface area contributed by atoms with Crippen LogP contribution >= 0.6 is 0 Å². The van der Waals surface area contributed by atoms with E-state index in [0.29, 0.717) is 23.1 Å². The van der Waals surface area contributed by atoms with Crippen LogP contribution in [0, 0.1) is 13.8 Å². The van der Waals surface area contributed by atoms with E-state index >= 15 is 0 Å². The van der Waals surface area contributed by atoms with Gasteiger partial charge >= 0.3 is 0 Å². The van der Waals surface area contributed by atoms with Crippen molar-refractivity contribution in [3.8, 4) is 11.5 Å². The molecule has 1 rings (SSSR count). The number of phenols is 2. The zero-order valence-corrected chi connectivity index (χ0v) is 10.0. The lowest BCUT2D eigenvalue weighted by Gasteiger charge is -2.10. The first-order valence-electron chi connectivity index (χ1n) is 5.54. The van der Waals surface area contributed by atoms with Crippen LogP contribution in [0.5, 0.6) is 11.5 Å². The van der Waals surface area contributed by atoms with E-state index in [0.717, 1.165) is 12.8 Å². The molecule has 0 aromatic heterocycles. The van der Waals surface area contributed by atoms with Crippen LogP contribution in [0.2, 0.25) is 0 Å². The standard InChI is InChI=1S/C13H18O3/c1-4-5-6-11(14)10-7-8(2)12(15)9(3)13(10)16/h7,15-16H,4-6H2,1-3H3. The minimum atomic E-state index is -0.0933. The maximum Gasteiger partial charge on any atom is 0.166 e. The molecule has 1 aromatic rings. The van der Waals surface area contributed by atoms with Crippen molar-refractivity contribution >= 4 is 5.78 Å². The van der Waals surface area contributed by atoms with Gasteiger partial charge in [-0.3, -0.25) is 4.79 Å². The smallest absolute Gasteiger partial charge is 0.166 e. The number of rotatable bonds is 4. The van der Waals surface area contributed by atoms with Crippen LogP contribution < -0.4 is 0 Å². The topological polar surface area (TPSA) is 57.5 Å². The summed E-state index contributed by atoms with van der Waals surface area (Å²) < 4.78 is 0. The van der Waals surface area contributed by atoms with Crippen molar-refractivity contribution in [1.82, 2.24) is 0 Å². The summed E-state index contributed by atoms with van der Waals surface area (Å²) in [7, 11) is 0. The molecule has 16 heavy (non-hydrogen) atoms. The Morgan fingerprint density at radius 1 is 1.25 bits per heavy atom. The van der Waals surface area contributed by atoms with Gasteiger partial charge in [0.15, 0.2) is 5.78 Å². The number of aryl methyl sites for hydroxylation is 1. The van der Waals surface area contributed by atoms with Crippen molar-refractivity contribution in [2.45, 2.75) is 40.0 Å². The van der Waals surface area contributed by atoms with Crippen molar-refractivity contribution in [3.63, 3.8) is 0 Å². The Bertz CT molecular complexity index is 408. The van der Waals surface area contributed by atoms with E-state index in [9.17, 15) is 15.0 Å². The molecule has 3 nitrogen and oxygen atoms in total. The first kappa shape index (κ1) is 12.6. The third-order valence-corrected chi connectivity index (χ3v) is 2.76. The van der Waals surface area contributed by atoms with E-state index in [1.807, 2.05) is 6.92 Å². The maximum absolute atomic E-state index is 11.8. The Morgan fingerprint density at radius 3 is 2.44 bits per heavy atom. The minimum Gasteiger partial charge on any atom is -0.507 e. The number of aromatic hydroxyl groups is 2. The average Bonchev–Trinajstić information content (AvgIpc) is 2.28. The van der Waals surface area contributed by atoms with Crippen molar-refractivity contribution < 1.29 is 15.0 Å². The predicted octanol–water partition coefficient (Wildman–Crippen LogP) is 3.09. The maximum atomic E-state index is 11.8. The van der Waals surface area contributed by atoms with Gasteiger partial charge in [-0.2, -0.15) is 0 Å². The third-order valence-electron chi connectivity index (χ3n) is 2.76. The molecule has 0 fully saturated rings. The molecule has 0 amide bonds. The summed E-state index contributed by atoms with van der Waals surface area (Å²) in [5, 5.41) is 19.4. The molecule has 0 aliphatic carbocycles. The lowest BCUT2D eigenvalue weighted by Crippen LogP contribution is -2.01. The van der Waals surface area contributed by atoms with Gasteiger partial charge < -0.3 is 10.2 Å². The van der Waals surface area contributed by atoms with Gasteiger partial charge in [-0.05, 0) is 31.9 Å². The molecule has 0 saturated heterocycles. The summed E-state index contributed by atoms with van der Waals surface area (Å²) in [5.41, 5.74) is 1.32. The molecule has 2 N–H and O–H groups in total. The summed E-state index contributed by atoms with van der Waals surface area (Å²) in [6.07, 6.45) is 2.20. The van der Waals surface area contributed by atoms with Gasteiger partial charge in [-0.15, -0.1) is 0 Å². The monoisotopic (exact) mass is 222 g/mol. The fraction of sp³-hybridized carbons (Fsp3) is 0.462. The second-order valence-electron chi connectivity index (χ2n) is 4.09. The highest BCUT2D eigenvalue weighted by Gasteiger charge is 2.16. The lowest BCUT2D eigenvalue weighted by atomic mass is 9.98. The van der Waals surface area contributed by atoms with Crippen molar-refractivity contribution in [1.29, 1.82) is 0 Å². The van der Waals surface area contributed by atoms with E-state index in [1.54, 1.807) is 19.9 Å². The van der Waals surface area contributed by atoms with Gasteiger partial charge in [-0.1, -0.05) is 13.3 Å². The second kappa shape index (κ2) is 5.01. The summed E-state index contributed by atoms with van der Waals surface area (Å²) in [6, 6.07) is 1.55. The summed E-state index contributed by atoms with van der Waals surface area (Å²) >= 11 is 0. The first-order chi connectivity index (χ1) is 7.49. The molecule has 0 saturated carbocycles. The quantitative estimate of drug-likeness (QED) is 0.770. The molecule has 0 spiro atoms. The number of hydrogen-bond acceptors (Lipinski definition) is 3. The first-order valence-corrected chi connectivity index (χ1v) is 5.54. The Balaban J connectivity index is 3.10. The number of carbonyl (C=O) groups is 1. The number of benzene rings is 1. The predicted molar refractivity (Wildman–Crippen MR) is 63.1 cm³/mol. The third kappa shape index (κ3) is 2.35. The zero-order valence-electron chi connectivity index (χ0n) is 10.0. The Labute approximate surface area is 95.7 Å². The van der Waals surface area contributed by atoms with Gasteiger partial charge in [0.25, 0.3) is 0 Å². The second-order valence-corrected chi connectivity index (χ2v) is 4.09. The van der Waals surface area contributed by atoms with Gasteiger partial charge in [0.1, 0.15) is 11.5 Å². The van der Waals surface area contributed by atoms with E-state index in [1.165, 1.54) is 0 Å². The Kier molecular flexibility index (Phi) is 3.93. The highest BCUT2D eigenvalue weighted by Crippen LogP contribution is 2.33. The van der Waals surface area contributed by atoms with E-state index in [-0.39, 0.29) is 17.3 Å². The Hall–Kier alpha value is -1.51. The Morgan fingerprint density at radius 2 is 1.88 bits per heavy atom. The van der Waals surface area contributed by atoms with E-state index in [4.69, 9.17) is 0 Å². The van der Waals surface area contributed by atoms with Gasteiger partial charge in [-0.25, -0.2) is 0 Å². The molecule has 0 heterocycles. The van der Waals surface area contributed by atoms with Crippen LogP contribution in [0.3, 0.4) is 0 Å². The van der Waals surface area contributed by atoms with Crippen LogP contribution in [0.4, 0.5) is 0 Å². The molecular formula is C13H18O3. The van der Waals surface area contributed by atoms with Crippen molar-refractivity contribution in [3.05, 3.63) is 22.8 Å². The molecule has 0 radical (unpaired) electrons. The van der Waals surface area contributed by atoms with E-state index < -0.39 is 0 Å². The molecule has 0 unspecified atom stereocenters. The lowest BCUT2D eigenvalue weighted by molar-refractivity contribution is 0.0977. The summed E-state index contributed by atoms with van der Waals surface area (Å²) in [5.74, 6) is -0.0979. The molecule has 1 aromatic carbocycles. The number of carbonyl (C=O) groups excluding carboxylic acids is 1. The number of hydrogen-bond donors (Lipinski definition) is 2. The summed E-state index contributed by atoms with van der Waals surface area (Å²) in [6.45, 7) is 5.34. The zero-order chi connectivity index (χ0) is 12.3. The minimum absolute atomic E-state index is 0.0598. The fourth-order valence-electron chi connectivity index (χ4n) is 1.65. The fourth-order valence-corrected chi connectivity index (χ4v) is 1.65. The van der Waals surface area contributed by atoms with Gasteiger partial charge in [0, 0.05) is 12.0 Å². The van der Waals surface area contributed by atoms with Crippen LogP contribution in [-0.4, -0.2) is 16.0 Å². The van der Waals surface area contributed by atoms with Crippen LogP contribution in [0.25, 0.3) is 0 Å². The molecular weight excluding hydrogens is 204 g/mol. The average molecular weight is 222 g/mol. The number of Topliss-reactive ketones (excluding diaryl/α,β-unsaturated/α-hetero) is 1. The summed E-state index contributed by atoms with van der Waals surface area (Å²) in [4.78, 5) is 11.8. The van der Waals surface area contributed by atoms with Crippen molar-refractivity contribution in [2.24, 2.45) is 0 Å². The highest BCUT2D eigenvalue weighted by molar-refractivity contribution is 5.99. The largest absolute Gasteiger partial charge is 0.507 e. The molecule has 0 atom stereocenters. The number of phenolic OH excluding ortho intramolecular Hbond substituents is 2. The highest BCUT2D eigenvalue weighted by atomic mass is 16.3. The number of ketones is 1.